The van der Waals surface area contributed by atoms with Crippen LogP contribution in [0.15, 0.2) is 83.5 Å². The van der Waals surface area contributed by atoms with Crippen LogP contribution in [0.1, 0.15) is 24.1 Å². The quantitative estimate of drug-likeness (QED) is 0.359. The fraction of sp³-hybridized carbons (Fsp3) is 0.136. The van der Waals surface area contributed by atoms with E-state index in [0.717, 1.165) is 26.4 Å². The molecule has 0 aliphatic carbocycles. The molecule has 1 unspecified atom stereocenters. The number of rotatable bonds is 6. The van der Waals surface area contributed by atoms with Crippen LogP contribution in [0.4, 0.5) is 0 Å². The Morgan fingerprint density at radius 1 is 0.964 bits per heavy atom. The third-order valence-corrected chi connectivity index (χ3v) is 6.37. The number of nitrogens with one attached hydrogen (secondary N) is 1. The van der Waals surface area contributed by atoms with Gasteiger partial charge in [-0.25, -0.2) is 9.97 Å². The standard InChI is InChI=1S/C22H19N3OS2/c1-15(28-22-18-12-13-27-21(18)23-14-24-22)20(26)25-19(16-8-4-2-5-9-16)17-10-6-3-7-11-17/h2-15,19H,1H3,(H,25,26). The summed E-state index contributed by atoms with van der Waals surface area (Å²) < 4.78 is 0. The molecule has 2 aromatic carbocycles. The number of hydrogen-bond acceptors (Lipinski definition) is 5. The van der Waals surface area contributed by atoms with Crippen molar-refractivity contribution >= 4 is 39.2 Å². The molecule has 1 atom stereocenters. The smallest absolute Gasteiger partial charge is 0.234 e. The van der Waals surface area contributed by atoms with E-state index in [2.05, 4.69) is 15.3 Å². The van der Waals surface area contributed by atoms with Crippen LogP contribution >= 0.6 is 23.1 Å². The van der Waals surface area contributed by atoms with E-state index in [1.165, 1.54) is 11.8 Å². The van der Waals surface area contributed by atoms with E-state index in [4.69, 9.17) is 0 Å². The van der Waals surface area contributed by atoms with E-state index in [-0.39, 0.29) is 17.2 Å². The summed E-state index contributed by atoms with van der Waals surface area (Å²) in [6, 6.07) is 21.9. The second kappa shape index (κ2) is 8.54. The largest absolute Gasteiger partial charge is 0.344 e. The van der Waals surface area contributed by atoms with Crippen LogP contribution in [0, 0.1) is 0 Å². The molecule has 0 saturated carbocycles. The molecule has 140 valence electrons. The maximum Gasteiger partial charge on any atom is 0.234 e. The van der Waals surface area contributed by atoms with Gasteiger partial charge in [-0.3, -0.25) is 4.79 Å². The molecule has 0 saturated heterocycles. The van der Waals surface area contributed by atoms with Gasteiger partial charge in [0.2, 0.25) is 5.91 Å². The lowest BCUT2D eigenvalue weighted by atomic mass is 9.98. The van der Waals surface area contributed by atoms with Crippen LogP contribution < -0.4 is 5.32 Å². The molecule has 0 bridgehead atoms. The van der Waals surface area contributed by atoms with E-state index >= 15 is 0 Å². The Kier molecular flexibility index (Phi) is 5.69. The first kappa shape index (κ1) is 18.7. The second-order valence-corrected chi connectivity index (χ2v) is 8.57. The summed E-state index contributed by atoms with van der Waals surface area (Å²) in [6.45, 7) is 1.91. The highest BCUT2D eigenvalue weighted by molar-refractivity contribution is 8.00. The minimum Gasteiger partial charge on any atom is -0.344 e. The molecule has 4 nitrogen and oxygen atoms in total. The van der Waals surface area contributed by atoms with Gasteiger partial charge in [-0.15, -0.1) is 11.3 Å². The number of carbonyl (C=O) groups excluding carboxylic acids is 1. The van der Waals surface area contributed by atoms with Gasteiger partial charge in [-0.1, -0.05) is 72.4 Å². The highest BCUT2D eigenvalue weighted by Gasteiger charge is 2.22. The van der Waals surface area contributed by atoms with Gasteiger partial charge >= 0.3 is 0 Å². The topological polar surface area (TPSA) is 54.9 Å². The summed E-state index contributed by atoms with van der Waals surface area (Å²) in [7, 11) is 0. The lowest BCUT2D eigenvalue weighted by Gasteiger charge is -2.22. The predicted molar refractivity (Wildman–Crippen MR) is 116 cm³/mol. The Balaban J connectivity index is 1.55. The molecule has 1 N–H and O–H groups in total. The first-order chi connectivity index (χ1) is 13.7. The zero-order valence-electron chi connectivity index (χ0n) is 15.3. The summed E-state index contributed by atoms with van der Waals surface area (Å²) in [6.07, 6.45) is 1.56. The number of thiophene rings is 1. The molecule has 0 fully saturated rings. The zero-order chi connectivity index (χ0) is 19.3. The first-order valence-corrected chi connectivity index (χ1v) is 10.7. The fourth-order valence-corrected chi connectivity index (χ4v) is 4.70. The van der Waals surface area contributed by atoms with Gasteiger partial charge in [0, 0.05) is 5.39 Å². The molecule has 2 aromatic heterocycles. The SMILES string of the molecule is CC(Sc1ncnc2sccc12)C(=O)NC(c1ccccc1)c1ccccc1. The zero-order valence-corrected chi connectivity index (χ0v) is 16.9. The summed E-state index contributed by atoms with van der Waals surface area (Å²) in [5, 5.41) is 6.76. The van der Waals surface area contributed by atoms with Gasteiger partial charge in [0.15, 0.2) is 0 Å². The molecule has 0 radical (unpaired) electrons. The van der Waals surface area contributed by atoms with E-state index in [1.54, 1.807) is 17.7 Å². The molecule has 0 spiro atoms. The van der Waals surface area contributed by atoms with Crippen LogP contribution in [0.25, 0.3) is 10.2 Å². The molecule has 2 heterocycles. The molecule has 28 heavy (non-hydrogen) atoms. The number of nitrogens with zero attached hydrogens (tertiary/aromatic N) is 2. The Morgan fingerprint density at radius 3 is 2.25 bits per heavy atom. The van der Waals surface area contributed by atoms with Crippen LogP contribution in [-0.4, -0.2) is 21.1 Å². The summed E-state index contributed by atoms with van der Waals surface area (Å²) in [5.74, 6) is -0.0234. The summed E-state index contributed by atoms with van der Waals surface area (Å²) in [4.78, 5) is 22.6. The van der Waals surface area contributed by atoms with Crippen molar-refractivity contribution in [2.24, 2.45) is 0 Å². The van der Waals surface area contributed by atoms with E-state index in [0.29, 0.717) is 0 Å². The second-order valence-electron chi connectivity index (χ2n) is 6.34. The van der Waals surface area contributed by atoms with E-state index in [9.17, 15) is 4.79 Å². The van der Waals surface area contributed by atoms with Gasteiger partial charge < -0.3 is 5.32 Å². The van der Waals surface area contributed by atoms with Crippen molar-refractivity contribution in [3.8, 4) is 0 Å². The molecule has 6 heteroatoms. The highest BCUT2D eigenvalue weighted by Crippen LogP contribution is 2.31. The monoisotopic (exact) mass is 405 g/mol. The Bertz CT molecular complexity index is 1030. The predicted octanol–water partition coefficient (Wildman–Crippen LogP) is 5.08. The van der Waals surface area contributed by atoms with Crippen molar-refractivity contribution in [3.05, 3.63) is 89.6 Å². The maximum atomic E-state index is 13.0. The number of hydrogen-bond donors (Lipinski definition) is 1. The number of fused-ring (bicyclic) bond motifs is 1. The summed E-state index contributed by atoms with van der Waals surface area (Å²) in [5.41, 5.74) is 2.11. The number of benzene rings is 2. The van der Waals surface area contributed by atoms with Crippen LogP contribution in [-0.2, 0) is 4.79 Å². The average molecular weight is 406 g/mol. The van der Waals surface area contributed by atoms with Gasteiger partial charge in [-0.05, 0) is 29.5 Å². The highest BCUT2D eigenvalue weighted by atomic mass is 32.2. The van der Waals surface area contributed by atoms with Crippen LogP contribution in [0.2, 0.25) is 0 Å². The van der Waals surface area contributed by atoms with Crippen molar-refractivity contribution in [1.82, 2.24) is 15.3 Å². The first-order valence-electron chi connectivity index (χ1n) is 8.97. The lowest BCUT2D eigenvalue weighted by Crippen LogP contribution is -2.35. The maximum absolute atomic E-state index is 13.0. The molecule has 1 amide bonds. The molecule has 4 aromatic rings. The molecule has 4 rings (SSSR count). The van der Waals surface area contributed by atoms with Crippen molar-refractivity contribution < 1.29 is 4.79 Å². The van der Waals surface area contributed by atoms with Gasteiger partial charge in [0.1, 0.15) is 16.2 Å². The van der Waals surface area contributed by atoms with Crippen molar-refractivity contribution in [3.63, 3.8) is 0 Å². The number of aromatic nitrogens is 2. The van der Waals surface area contributed by atoms with E-state index in [1.807, 2.05) is 79.0 Å². The van der Waals surface area contributed by atoms with Gasteiger partial charge in [0.25, 0.3) is 0 Å². The number of thioether (sulfide) groups is 1. The fourth-order valence-electron chi connectivity index (χ4n) is 2.99. The van der Waals surface area contributed by atoms with Crippen molar-refractivity contribution in [1.29, 1.82) is 0 Å². The molecule has 0 aliphatic heterocycles. The molecular formula is C22H19N3OS2. The Labute approximate surface area is 172 Å². The molecular weight excluding hydrogens is 386 g/mol. The molecule has 0 aliphatic rings. The Hall–Kier alpha value is -2.70. The van der Waals surface area contributed by atoms with E-state index < -0.39 is 0 Å². The minimum atomic E-state index is -0.284. The Morgan fingerprint density at radius 2 is 1.61 bits per heavy atom. The van der Waals surface area contributed by atoms with Gasteiger partial charge in [0.05, 0.1) is 11.3 Å². The number of amides is 1. The summed E-state index contributed by atoms with van der Waals surface area (Å²) >= 11 is 3.04. The number of carbonyl (C=O) groups is 1. The van der Waals surface area contributed by atoms with Crippen molar-refractivity contribution in [2.75, 3.05) is 0 Å². The van der Waals surface area contributed by atoms with Crippen molar-refractivity contribution in [2.45, 2.75) is 23.2 Å². The third kappa shape index (κ3) is 4.08. The normalized spacial score (nSPS) is 12.2. The van der Waals surface area contributed by atoms with Gasteiger partial charge in [-0.2, -0.15) is 0 Å². The van der Waals surface area contributed by atoms with Crippen LogP contribution in [0.5, 0.6) is 0 Å². The average Bonchev–Trinajstić information content (AvgIpc) is 3.23. The minimum absolute atomic E-state index is 0.0234. The van der Waals surface area contributed by atoms with Crippen LogP contribution in [0.3, 0.4) is 0 Å². The third-order valence-electron chi connectivity index (χ3n) is 4.44. The lowest BCUT2D eigenvalue weighted by molar-refractivity contribution is -0.120.